The summed E-state index contributed by atoms with van der Waals surface area (Å²) in [5.41, 5.74) is 0. The van der Waals surface area contributed by atoms with Crippen molar-refractivity contribution in [3.05, 3.63) is 24.7 Å². The van der Waals surface area contributed by atoms with Crippen LogP contribution in [0.4, 0.5) is 31.6 Å². The number of alkyl halides is 1. The standard InChI is InChI=1S/C24H34FN9O4/c1-3-37-21-15-27-20(14-28-21)30-23(35)32(2)18-16-34(11-7-17(18)25)22-26-8-6-19(29-22)31-24(36)38-13-12-33-9-4-5-10-33/h6,8,14-15,17-18H,3-5,7,9-13,16H2,1-2H3,(H,27,30,35)(H,26,29,31,36)/t17-,18+/m1/s1. The molecular formula is C24H34FN9O4. The Morgan fingerprint density at radius 2 is 1.95 bits per heavy atom. The minimum absolute atomic E-state index is 0.170. The number of halogens is 1. The third kappa shape index (κ3) is 7.37. The minimum atomic E-state index is -1.24. The van der Waals surface area contributed by atoms with Crippen molar-refractivity contribution in [2.24, 2.45) is 0 Å². The Kier molecular flexibility index (Phi) is 9.40. The molecule has 0 spiro atoms. The summed E-state index contributed by atoms with van der Waals surface area (Å²) < 4.78 is 25.4. The van der Waals surface area contributed by atoms with Gasteiger partial charge in [-0.05, 0) is 45.3 Å². The van der Waals surface area contributed by atoms with E-state index in [2.05, 4.69) is 35.5 Å². The number of ether oxygens (including phenoxy) is 2. The average molecular weight is 532 g/mol. The van der Waals surface area contributed by atoms with E-state index in [0.29, 0.717) is 38.1 Å². The number of amides is 3. The van der Waals surface area contributed by atoms with Crippen molar-refractivity contribution in [2.45, 2.75) is 38.4 Å². The van der Waals surface area contributed by atoms with E-state index >= 15 is 0 Å². The first-order valence-corrected chi connectivity index (χ1v) is 12.8. The molecule has 2 aliphatic heterocycles. The third-order valence-corrected chi connectivity index (χ3v) is 6.47. The molecular weight excluding hydrogens is 497 g/mol. The van der Waals surface area contributed by atoms with E-state index in [-0.39, 0.29) is 24.6 Å². The molecule has 14 heteroatoms. The molecule has 0 bridgehead atoms. The van der Waals surface area contributed by atoms with Crippen LogP contribution in [0.2, 0.25) is 0 Å². The number of hydrogen-bond donors (Lipinski definition) is 2. The molecule has 206 valence electrons. The average Bonchev–Trinajstić information content (AvgIpc) is 3.43. The molecule has 4 rings (SSSR count). The lowest BCUT2D eigenvalue weighted by Crippen LogP contribution is -2.55. The molecule has 4 heterocycles. The van der Waals surface area contributed by atoms with Crippen molar-refractivity contribution >= 4 is 29.7 Å². The number of nitrogens with one attached hydrogen (secondary N) is 2. The number of anilines is 3. The molecule has 0 radical (unpaired) electrons. The van der Waals surface area contributed by atoms with Gasteiger partial charge in [0.25, 0.3) is 0 Å². The van der Waals surface area contributed by atoms with Crippen LogP contribution in [0.5, 0.6) is 5.88 Å². The van der Waals surface area contributed by atoms with E-state index in [1.807, 2.05) is 6.92 Å². The zero-order chi connectivity index (χ0) is 26.9. The van der Waals surface area contributed by atoms with Gasteiger partial charge in [-0.1, -0.05) is 0 Å². The molecule has 3 amide bonds. The number of carbonyl (C=O) groups is 2. The number of carbonyl (C=O) groups excluding carboxylic acids is 2. The Morgan fingerprint density at radius 1 is 1.13 bits per heavy atom. The van der Waals surface area contributed by atoms with E-state index in [4.69, 9.17) is 9.47 Å². The molecule has 38 heavy (non-hydrogen) atoms. The van der Waals surface area contributed by atoms with E-state index in [9.17, 15) is 14.0 Å². The fourth-order valence-electron chi connectivity index (χ4n) is 4.39. The summed E-state index contributed by atoms with van der Waals surface area (Å²) in [4.78, 5) is 47.2. The normalized spacial score (nSPS) is 19.6. The monoisotopic (exact) mass is 531 g/mol. The fraction of sp³-hybridized carbons (Fsp3) is 0.583. The minimum Gasteiger partial charge on any atom is -0.477 e. The highest BCUT2D eigenvalue weighted by Gasteiger charge is 2.35. The molecule has 0 aliphatic carbocycles. The van der Waals surface area contributed by atoms with Gasteiger partial charge < -0.3 is 19.3 Å². The molecule has 2 N–H and O–H groups in total. The van der Waals surface area contributed by atoms with Gasteiger partial charge >= 0.3 is 12.1 Å². The molecule has 0 aromatic carbocycles. The van der Waals surface area contributed by atoms with E-state index < -0.39 is 24.3 Å². The number of likely N-dealkylation sites (tertiary alicyclic amines) is 1. The van der Waals surface area contributed by atoms with Crippen molar-refractivity contribution in [2.75, 3.05) is 68.5 Å². The topological polar surface area (TPSA) is 138 Å². The van der Waals surface area contributed by atoms with Crippen molar-refractivity contribution in [1.82, 2.24) is 29.7 Å². The van der Waals surface area contributed by atoms with Gasteiger partial charge in [-0.2, -0.15) is 4.98 Å². The van der Waals surface area contributed by atoms with Crippen LogP contribution in [0.3, 0.4) is 0 Å². The first-order chi connectivity index (χ1) is 18.4. The second-order valence-corrected chi connectivity index (χ2v) is 9.08. The second-order valence-electron chi connectivity index (χ2n) is 9.08. The maximum Gasteiger partial charge on any atom is 0.412 e. The van der Waals surface area contributed by atoms with Gasteiger partial charge in [0.05, 0.1) is 25.0 Å². The Hall–Kier alpha value is -3.81. The fourth-order valence-corrected chi connectivity index (χ4v) is 4.39. The lowest BCUT2D eigenvalue weighted by molar-refractivity contribution is 0.133. The highest BCUT2D eigenvalue weighted by molar-refractivity contribution is 5.88. The zero-order valence-corrected chi connectivity index (χ0v) is 21.7. The van der Waals surface area contributed by atoms with Crippen LogP contribution in [0.1, 0.15) is 26.2 Å². The molecule has 2 atom stereocenters. The third-order valence-electron chi connectivity index (χ3n) is 6.47. The molecule has 2 saturated heterocycles. The summed E-state index contributed by atoms with van der Waals surface area (Å²) in [7, 11) is 1.52. The summed E-state index contributed by atoms with van der Waals surface area (Å²) >= 11 is 0. The highest BCUT2D eigenvalue weighted by atomic mass is 19.1. The zero-order valence-electron chi connectivity index (χ0n) is 21.7. The summed E-state index contributed by atoms with van der Waals surface area (Å²) in [6.45, 7) is 5.87. The van der Waals surface area contributed by atoms with Crippen LogP contribution in [0, 0.1) is 0 Å². The van der Waals surface area contributed by atoms with Crippen LogP contribution < -0.4 is 20.3 Å². The number of rotatable bonds is 9. The molecule has 2 aromatic rings. The van der Waals surface area contributed by atoms with Crippen LogP contribution in [-0.4, -0.2) is 107 Å². The summed E-state index contributed by atoms with van der Waals surface area (Å²) in [5, 5.41) is 5.24. The molecule has 0 unspecified atom stereocenters. The van der Waals surface area contributed by atoms with Crippen molar-refractivity contribution in [1.29, 1.82) is 0 Å². The second kappa shape index (κ2) is 13.1. The van der Waals surface area contributed by atoms with Gasteiger partial charge in [0.1, 0.15) is 18.6 Å². The first kappa shape index (κ1) is 27.2. The van der Waals surface area contributed by atoms with Crippen LogP contribution in [0.25, 0.3) is 0 Å². The van der Waals surface area contributed by atoms with Crippen molar-refractivity contribution in [3.63, 3.8) is 0 Å². The number of nitrogens with zero attached hydrogens (tertiary/aromatic N) is 7. The molecule has 13 nitrogen and oxygen atoms in total. The number of likely N-dealkylation sites (N-methyl/N-ethyl adjacent to an activating group) is 1. The predicted octanol–water partition coefficient (Wildman–Crippen LogP) is 2.39. The number of urea groups is 1. The van der Waals surface area contributed by atoms with E-state index in [1.165, 1.54) is 43.4 Å². The van der Waals surface area contributed by atoms with Crippen LogP contribution in [-0.2, 0) is 4.74 Å². The van der Waals surface area contributed by atoms with Gasteiger partial charge in [-0.25, -0.2) is 28.9 Å². The smallest absolute Gasteiger partial charge is 0.412 e. The van der Waals surface area contributed by atoms with Gasteiger partial charge in [-0.15, -0.1) is 0 Å². The lowest BCUT2D eigenvalue weighted by atomic mass is 10.0. The van der Waals surface area contributed by atoms with Gasteiger partial charge in [-0.3, -0.25) is 15.5 Å². The van der Waals surface area contributed by atoms with Crippen LogP contribution in [0.15, 0.2) is 24.7 Å². The SMILES string of the molecule is CCOc1cnc(NC(=O)N(C)[C@H]2CN(c3nccc(NC(=O)OCCN4CCCC4)n3)CC[C@H]2F)cn1. The number of aromatic nitrogens is 4. The maximum atomic E-state index is 14.9. The molecule has 2 fully saturated rings. The van der Waals surface area contributed by atoms with Gasteiger partial charge in [0.15, 0.2) is 5.82 Å². The Bertz CT molecular complexity index is 1070. The maximum absolute atomic E-state index is 14.9. The molecule has 2 aliphatic rings. The predicted molar refractivity (Wildman–Crippen MR) is 138 cm³/mol. The molecule has 0 saturated carbocycles. The quantitative estimate of drug-likeness (QED) is 0.496. The van der Waals surface area contributed by atoms with Crippen molar-refractivity contribution < 1.29 is 23.5 Å². The van der Waals surface area contributed by atoms with E-state index in [0.717, 1.165) is 13.1 Å². The van der Waals surface area contributed by atoms with Gasteiger partial charge in [0, 0.05) is 32.9 Å². The highest BCUT2D eigenvalue weighted by Crippen LogP contribution is 2.23. The molecule has 2 aromatic heterocycles. The van der Waals surface area contributed by atoms with Crippen molar-refractivity contribution in [3.8, 4) is 5.88 Å². The summed E-state index contributed by atoms with van der Waals surface area (Å²) in [5.74, 6) is 1.17. The van der Waals surface area contributed by atoms with Gasteiger partial charge in [0.2, 0.25) is 11.8 Å². The number of piperidine rings is 1. The Morgan fingerprint density at radius 3 is 2.68 bits per heavy atom. The van der Waals surface area contributed by atoms with E-state index in [1.54, 1.807) is 11.0 Å². The summed E-state index contributed by atoms with van der Waals surface area (Å²) in [6, 6.07) is 0.281. The Balaban J connectivity index is 1.31. The Labute approximate surface area is 220 Å². The van der Waals surface area contributed by atoms with Crippen LogP contribution >= 0.6 is 0 Å². The largest absolute Gasteiger partial charge is 0.477 e. The lowest BCUT2D eigenvalue weighted by Gasteiger charge is -2.39. The number of hydrogen-bond acceptors (Lipinski definition) is 10. The summed E-state index contributed by atoms with van der Waals surface area (Å²) in [6.07, 6.45) is 5.00. The first-order valence-electron chi connectivity index (χ1n) is 12.8.